The smallest absolute Gasteiger partial charge is 0.408 e. The molecule has 12 atom stereocenters. The van der Waals surface area contributed by atoms with Gasteiger partial charge in [-0.25, -0.2) is 19.4 Å². The van der Waals surface area contributed by atoms with E-state index >= 15 is 14.4 Å². The molecule has 518 valence electrons. The van der Waals surface area contributed by atoms with Crippen LogP contribution in [0.25, 0.3) is 17.1 Å². The Labute approximate surface area is 560 Å². The number of hydrogen-bond acceptors (Lipinski definition) is 23. The largest absolute Gasteiger partial charge is 0.508 e. The third kappa shape index (κ3) is 13.4. The fourth-order valence-electron chi connectivity index (χ4n) is 14.7. The topological polar surface area (TPSA) is 364 Å². The van der Waals surface area contributed by atoms with Crippen LogP contribution in [-0.2, 0) is 57.2 Å². The van der Waals surface area contributed by atoms with Crippen LogP contribution in [0.15, 0.2) is 91.1 Å². The number of phenolic OH excluding ortho intramolecular Hbond substituents is 2. The summed E-state index contributed by atoms with van der Waals surface area (Å²) in [4.78, 5) is 138. The van der Waals surface area contributed by atoms with Crippen molar-refractivity contribution in [3.05, 3.63) is 114 Å². The summed E-state index contributed by atoms with van der Waals surface area (Å²) in [5, 5.41) is 61.5. The molecule has 2 bridgehead atoms. The first-order chi connectivity index (χ1) is 45.8. The van der Waals surface area contributed by atoms with Crippen molar-refractivity contribution >= 4 is 59.2 Å². The van der Waals surface area contributed by atoms with Crippen LogP contribution in [0.3, 0.4) is 0 Å². The Morgan fingerprint density at radius 3 is 2.12 bits per heavy atom. The van der Waals surface area contributed by atoms with E-state index in [2.05, 4.69) is 20.8 Å². The van der Waals surface area contributed by atoms with Gasteiger partial charge in [-0.2, -0.15) is 0 Å². The number of piperazine rings is 1. The molecule has 2 saturated heterocycles. The second kappa shape index (κ2) is 27.3. The van der Waals surface area contributed by atoms with Crippen molar-refractivity contribution in [2.45, 2.75) is 161 Å². The highest BCUT2D eigenvalue weighted by atomic mass is 16.6. The number of hydrogen-bond donors (Lipinski definition) is 6. The number of aromatic nitrogens is 4. The number of ether oxygens (including phenoxy) is 6. The fraction of sp³-hybridized carbons (Fsp3) is 0.514. The number of carbonyl (C=O) groups excluding carboxylic acids is 9. The maximum absolute atomic E-state index is 15.5. The van der Waals surface area contributed by atoms with E-state index in [1.54, 1.807) is 99.3 Å². The molecule has 5 aliphatic rings. The number of phenols is 2. The third-order valence-electron chi connectivity index (χ3n) is 19.8. The Kier molecular flexibility index (Phi) is 19.8. The number of nitrogens with one attached hydrogen (secondary N) is 2. The summed E-state index contributed by atoms with van der Waals surface area (Å²) >= 11 is 0. The van der Waals surface area contributed by atoms with E-state index in [-0.39, 0.29) is 71.9 Å². The van der Waals surface area contributed by atoms with Crippen molar-refractivity contribution in [1.82, 2.24) is 35.3 Å². The number of nitrogens with zero attached hydrogens (tertiary/aromatic N) is 6. The Balaban J connectivity index is 0.907. The van der Waals surface area contributed by atoms with Gasteiger partial charge in [-0.1, -0.05) is 83.1 Å². The van der Waals surface area contributed by atoms with Crippen LogP contribution in [0.1, 0.15) is 146 Å². The van der Waals surface area contributed by atoms with Gasteiger partial charge >= 0.3 is 30.0 Å². The van der Waals surface area contributed by atoms with Gasteiger partial charge in [-0.05, 0) is 82.0 Å². The molecule has 3 saturated carbocycles. The number of ketones is 2. The van der Waals surface area contributed by atoms with Gasteiger partial charge in [0.1, 0.15) is 52.9 Å². The average molecular weight is 1340 g/mol. The number of fused-ring (bicyclic) bond motifs is 5. The highest BCUT2D eigenvalue weighted by molar-refractivity contribution is 6.40. The molecule has 27 nitrogen and oxygen atoms in total. The van der Waals surface area contributed by atoms with E-state index in [0.717, 1.165) is 6.92 Å². The molecule has 97 heavy (non-hydrogen) atoms. The molecule has 3 amide bonds. The van der Waals surface area contributed by atoms with Crippen molar-refractivity contribution in [2.24, 2.45) is 28.6 Å². The van der Waals surface area contributed by atoms with Crippen LogP contribution in [0, 0.1) is 28.6 Å². The molecule has 0 spiro atoms. The average Bonchev–Trinajstić information content (AvgIpc) is 0.867. The van der Waals surface area contributed by atoms with Crippen molar-refractivity contribution < 1.29 is 92.0 Å². The number of pyridine rings is 1. The molecule has 0 radical (unpaired) electrons. The van der Waals surface area contributed by atoms with E-state index in [9.17, 15) is 49.2 Å². The molecule has 4 heterocycles. The number of benzene rings is 3. The number of Topliss-reactive ketones (excluding diaryl/α,β-unsaturated/α-hetero) is 2. The quantitative estimate of drug-likeness (QED) is 0.0332. The second-order valence-corrected chi connectivity index (χ2v) is 27.7. The van der Waals surface area contributed by atoms with E-state index in [4.69, 9.17) is 33.4 Å². The van der Waals surface area contributed by atoms with E-state index in [0.29, 0.717) is 36.7 Å². The van der Waals surface area contributed by atoms with Gasteiger partial charge in [0.15, 0.2) is 11.4 Å². The highest BCUT2D eigenvalue weighted by Gasteiger charge is 2.79. The molecule has 12 unspecified atom stereocenters. The maximum Gasteiger partial charge on any atom is 0.408 e. The summed E-state index contributed by atoms with van der Waals surface area (Å²) in [5.41, 5.74) is -8.01. The summed E-state index contributed by atoms with van der Waals surface area (Å²) < 4.78 is 38.0. The normalized spacial score (nSPS) is 26.5. The van der Waals surface area contributed by atoms with Crippen molar-refractivity contribution in [3.63, 3.8) is 0 Å². The predicted molar refractivity (Wildman–Crippen MR) is 344 cm³/mol. The monoisotopic (exact) mass is 1340 g/mol. The first kappa shape index (κ1) is 70.5. The minimum absolute atomic E-state index is 0.0148. The van der Waals surface area contributed by atoms with Gasteiger partial charge in [0, 0.05) is 82.2 Å². The summed E-state index contributed by atoms with van der Waals surface area (Å²) in [7, 11) is 0. The summed E-state index contributed by atoms with van der Waals surface area (Å²) in [6.45, 7) is 18.2. The van der Waals surface area contributed by atoms with E-state index < -0.39 is 155 Å². The number of amides is 3. The molecule has 2 aliphatic heterocycles. The lowest BCUT2D eigenvalue weighted by Gasteiger charge is -2.67. The number of anilines is 1. The Morgan fingerprint density at radius 2 is 1.53 bits per heavy atom. The number of aliphatic hydroxyl groups excluding tert-OH is 1. The van der Waals surface area contributed by atoms with E-state index in [1.165, 1.54) is 56.7 Å². The standard InChI is InChI=1S/C70H84N8O19/c1-12-71-62(87)61-75-74-60(44-31-43(37(2)3)45(80)32-46(44)81)78(61)42-23-24-50(72-35-42)76-27-29-77(30-28-76)51(83)25-26-52(84)94-56(54(40-19-15-13-16-20-40)73-65(90)97-66(6,7)8)64(89)93-47-34-70(91)59(95-63(88)41-21-17-14-18-22-41)57-68(11,58(86)55(85)53(38(47)4)67(70,9)10)48(82)33-49-69(57,36-92-49)96-39(5)79/h13-24,31-32,35,37-38,47-49,53-54,56-57,59,80-82,91H,12,25-30,33-34,36H2,1-11H3,(H,71,87)(H,73,90). The van der Waals surface area contributed by atoms with Crippen LogP contribution in [0.2, 0.25) is 0 Å². The van der Waals surface area contributed by atoms with Gasteiger partial charge in [-0.15, -0.1) is 10.2 Å². The van der Waals surface area contributed by atoms with E-state index in [1.807, 2.05) is 18.7 Å². The number of esters is 4. The molecule has 10 rings (SSSR count). The fourth-order valence-corrected chi connectivity index (χ4v) is 14.7. The van der Waals surface area contributed by atoms with Crippen molar-refractivity contribution in [2.75, 3.05) is 44.2 Å². The van der Waals surface area contributed by atoms with Gasteiger partial charge in [-0.3, -0.25) is 33.3 Å². The van der Waals surface area contributed by atoms with Crippen LogP contribution in [0.5, 0.6) is 11.5 Å². The zero-order chi connectivity index (χ0) is 70.4. The summed E-state index contributed by atoms with van der Waals surface area (Å²) in [5.74, 6) is -11.7. The zero-order valence-electron chi connectivity index (χ0n) is 56.1. The molecule has 27 heteroatoms. The Hall–Kier alpha value is -9.34. The lowest BCUT2D eigenvalue weighted by molar-refractivity contribution is -0.350. The molecular weight excluding hydrogens is 1260 g/mol. The van der Waals surface area contributed by atoms with Gasteiger partial charge in [0.05, 0.1) is 53.5 Å². The number of rotatable bonds is 18. The molecular formula is C70H84N8O19. The molecule has 2 aromatic heterocycles. The third-order valence-corrected chi connectivity index (χ3v) is 19.8. The SMILES string of the molecule is CCNC(=O)c1nnc(-c2cc(C(C)C)c(O)cc2O)n1-c1ccc(N2CCN(C(=O)CCC(=O)OC(C(=O)OC3CC4(O)C(OC(=O)c5ccccc5)C5C6(OC(C)=O)COC6CC(O)C5(C)C(=O)C(=O)C(C3C)C4(C)C)C(NC(=O)OC(C)(C)C)c3ccccc3)CC2)nc1. The first-order valence-corrected chi connectivity index (χ1v) is 32.6. The Bertz CT molecular complexity index is 3850. The summed E-state index contributed by atoms with van der Waals surface area (Å²) in [6.07, 6.45) is -9.78. The maximum atomic E-state index is 15.5. The number of aliphatic hydroxyl groups is 2. The summed E-state index contributed by atoms with van der Waals surface area (Å²) in [6, 6.07) is 20.3. The van der Waals surface area contributed by atoms with Crippen molar-refractivity contribution in [1.29, 1.82) is 0 Å². The minimum atomic E-state index is -2.51. The molecule has 6 N–H and O–H groups in total. The highest BCUT2D eigenvalue weighted by Crippen LogP contribution is 2.64. The molecule has 5 aromatic rings. The van der Waals surface area contributed by atoms with Gasteiger partial charge in [0.25, 0.3) is 5.91 Å². The van der Waals surface area contributed by atoms with Crippen molar-refractivity contribution in [3.8, 4) is 28.6 Å². The van der Waals surface area contributed by atoms with Crippen LogP contribution in [-0.4, -0.2) is 185 Å². The number of alkyl carbamates (subject to hydrolysis) is 1. The molecule has 5 fully saturated rings. The van der Waals surface area contributed by atoms with Crippen LogP contribution >= 0.6 is 0 Å². The second-order valence-electron chi connectivity index (χ2n) is 27.7. The zero-order valence-corrected chi connectivity index (χ0v) is 56.1. The lowest BCUT2D eigenvalue weighted by atomic mass is 9.42. The first-order valence-electron chi connectivity index (χ1n) is 32.6. The molecule has 3 aliphatic carbocycles. The predicted octanol–water partition coefficient (Wildman–Crippen LogP) is 6.01. The van der Waals surface area contributed by atoms with Gasteiger partial charge in [0.2, 0.25) is 29.4 Å². The lowest BCUT2D eigenvalue weighted by Crippen LogP contribution is -2.82. The van der Waals surface area contributed by atoms with Gasteiger partial charge < -0.3 is 69.3 Å². The number of carbonyl (C=O) groups is 9. The number of aromatic hydroxyl groups is 2. The van der Waals surface area contributed by atoms with Crippen LogP contribution in [0.4, 0.5) is 10.6 Å². The molecule has 3 aromatic carbocycles. The van der Waals surface area contributed by atoms with Crippen LogP contribution < -0.4 is 15.5 Å². The minimum Gasteiger partial charge on any atom is -0.508 e. The Morgan fingerprint density at radius 1 is 0.856 bits per heavy atom.